The van der Waals surface area contributed by atoms with Crippen molar-refractivity contribution in [1.29, 1.82) is 0 Å². The molecule has 0 aromatic carbocycles. The molecule has 116 valence electrons. The summed E-state index contributed by atoms with van der Waals surface area (Å²) in [5.41, 5.74) is 1.54. The van der Waals surface area contributed by atoms with Gasteiger partial charge in [-0.15, -0.1) is 0 Å². The van der Waals surface area contributed by atoms with Crippen LogP contribution in [-0.4, -0.2) is 35.0 Å². The van der Waals surface area contributed by atoms with E-state index < -0.39 is 0 Å². The van der Waals surface area contributed by atoms with E-state index in [0.717, 1.165) is 30.5 Å². The van der Waals surface area contributed by atoms with Crippen molar-refractivity contribution in [1.82, 2.24) is 15.3 Å². The number of carbonyl (C=O) groups excluding carboxylic acids is 1. The second-order valence-corrected chi connectivity index (χ2v) is 6.21. The average Bonchev–Trinajstić information content (AvgIpc) is 2.94. The fourth-order valence-electron chi connectivity index (χ4n) is 2.71. The molecule has 7 heteroatoms. The number of amides is 1. The molecule has 0 radical (unpaired) electrons. The van der Waals surface area contributed by atoms with Gasteiger partial charge in [0.05, 0.1) is 5.56 Å². The van der Waals surface area contributed by atoms with Crippen molar-refractivity contribution in [3.8, 4) is 0 Å². The van der Waals surface area contributed by atoms with Crippen LogP contribution in [0.1, 0.15) is 28.8 Å². The molecule has 3 rings (SSSR count). The number of nitrogens with one attached hydrogen (secondary N) is 2. The molecule has 1 saturated heterocycles. The lowest BCUT2D eigenvalue weighted by molar-refractivity contribution is 0.0933. The molecule has 3 heterocycles. The smallest absolute Gasteiger partial charge is 0.290 e. The molecule has 1 atom stereocenters. The minimum absolute atomic E-state index is 0.0296. The largest absolute Gasteiger partial charge is 0.350 e. The van der Waals surface area contributed by atoms with Crippen molar-refractivity contribution in [2.24, 2.45) is 0 Å². The Balaban J connectivity index is 1.69. The number of anilines is 1. The Morgan fingerprint density at radius 2 is 2.36 bits per heavy atom. The van der Waals surface area contributed by atoms with Gasteiger partial charge in [0, 0.05) is 36.9 Å². The molecule has 22 heavy (non-hydrogen) atoms. The fourth-order valence-corrected chi connectivity index (χ4v) is 3.54. The molecule has 2 aromatic rings. The first-order valence-corrected chi connectivity index (χ1v) is 8.21. The summed E-state index contributed by atoms with van der Waals surface area (Å²) in [7, 11) is 0. The lowest BCUT2D eigenvalue weighted by Crippen LogP contribution is -2.49. The zero-order chi connectivity index (χ0) is 15.5. The molecule has 1 amide bonds. The topological polar surface area (TPSA) is 78.1 Å². The van der Waals surface area contributed by atoms with Gasteiger partial charge in [0.15, 0.2) is 5.82 Å². The van der Waals surface area contributed by atoms with E-state index in [0.29, 0.717) is 12.4 Å². The quantitative estimate of drug-likeness (QED) is 0.900. The second-order valence-electron chi connectivity index (χ2n) is 5.47. The monoisotopic (exact) mass is 318 g/mol. The summed E-state index contributed by atoms with van der Waals surface area (Å²) < 4.78 is 0. The number of rotatable bonds is 3. The van der Waals surface area contributed by atoms with Crippen molar-refractivity contribution < 1.29 is 4.79 Å². The van der Waals surface area contributed by atoms with E-state index in [1.807, 2.05) is 22.6 Å². The van der Waals surface area contributed by atoms with Crippen LogP contribution in [0.5, 0.6) is 0 Å². The van der Waals surface area contributed by atoms with Crippen LogP contribution in [0.3, 0.4) is 0 Å². The first kappa shape index (κ1) is 14.8. The maximum absolute atomic E-state index is 12.3. The third kappa shape index (κ3) is 3.04. The SMILES string of the molecule is Cc1cscc1C(=O)NC1CCCN(c2ncc[nH]c2=O)C1. The summed E-state index contributed by atoms with van der Waals surface area (Å²) in [4.78, 5) is 32.9. The molecule has 2 aromatic heterocycles. The Bertz CT molecular complexity index is 724. The van der Waals surface area contributed by atoms with E-state index >= 15 is 0 Å². The first-order valence-electron chi connectivity index (χ1n) is 7.27. The van der Waals surface area contributed by atoms with Gasteiger partial charge in [0.2, 0.25) is 0 Å². The van der Waals surface area contributed by atoms with Crippen molar-refractivity contribution in [3.63, 3.8) is 0 Å². The van der Waals surface area contributed by atoms with Crippen LogP contribution in [0, 0.1) is 6.92 Å². The van der Waals surface area contributed by atoms with Crippen LogP contribution in [0.2, 0.25) is 0 Å². The maximum Gasteiger partial charge on any atom is 0.290 e. The molecule has 1 fully saturated rings. The summed E-state index contributed by atoms with van der Waals surface area (Å²) in [5.74, 6) is 0.383. The minimum Gasteiger partial charge on any atom is -0.350 e. The average molecular weight is 318 g/mol. The number of aromatic nitrogens is 2. The Kier molecular flexibility index (Phi) is 4.24. The van der Waals surface area contributed by atoms with Crippen LogP contribution in [0.15, 0.2) is 27.9 Å². The van der Waals surface area contributed by atoms with Gasteiger partial charge in [-0.05, 0) is 30.7 Å². The van der Waals surface area contributed by atoms with Gasteiger partial charge >= 0.3 is 0 Å². The Hall–Kier alpha value is -2.15. The van der Waals surface area contributed by atoms with E-state index in [9.17, 15) is 9.59 Å². The second kappa shape index (κ2) is 6.31. The highest BCUT2D eigenvalue weighted by atomic mass is 32.1. The van der Waals surface area contributed by atoms with E-state index in [-0.39, 0.29) is 17.5 Å². The minimum atomic E-state index is -0.192. The molecule has 0 aliphatic carbocycles. The summed E-state index contributed by atoms with van der Waals surface area (Å²) in [6.07, 6.45) is 4.93. The summed E-state index contributed by atoms with van der Waals surface area (Å²) in [6.45, 7) is 3.32. The van der Waals surface area contributed by atoms with Gasteiger partial charge < -0.3 is 15.2 Å². The predicted octanol–water partition coefficient (Wildman–Crippen LogP) is 1.54. The zero-order valence-corrected chi connectivity index (χ0v) is 13.2. The molecule has 0 spiro atoms. The first-order chi connectivity index (χ1) is 10.6. The predicted molar refractivity (Wildman–Crippen MR) is 86.6 cm³/mol. The molecule has 0 saturated carbocycles. The number of hydrogen-bond acceptors (Lipinski definition) is 5. The number of piperidine rings is 1. The van der Waals surface area contributed by atoms with Gasteiger partial charge in [-0.25, -0.2) is 4.98 Å². The molecule has 1 aliphatic heterocycles. The summed E-state index contributed by atoms with van der Waals surface area (Å²) in [5, 5.41) is 6.90. The molecular weight excluding hydrogens is 300 g/mol. The lowest BCUT2D eigenvalue weighted by Gasteiger charge is -2.33. The van der Waals surface area contributed by atoms with Gasteiger partial charge in [0.25, 0.3) is 11.5 Å². The third-order valence-corrected chi connectivity index (χ3v) is 4.71. The molecule has 2 N–H and O–H groups in total. The third-order valence-electron chi connectivity index (χ3n) is 3.85. The number of H-pyrrole nitrogens is 1. The van der Waals surface area contributed by atoms with Crippen molar-refractivity contribution in [2.45, 2.75) is 25.8 Å². The molecule has 1 aliphatic rings. The number of thiophene rings is 1. The van der Waals surface area contributed by atoms with Crippen molar-refractivity contribution in [3.05, 3.63) is 44.6 Å². The van der Waals surface area contributed by atoms with Crippen LogP contribution >= 0.6 is 11.3 Å². The van der Waals surface area contributed by atoms with Crippen molar-refractivity contribution in [2.75, 3.05) is 18.0 Å². The highest BCUT2D eigenvalue weighted by Crippen LogP contribution is 2.17. The van der Waals surface area contributed by atoms with Crippen molar-refractivity contribution >= 4 is 23.1 Å². The standard InChI is InChI=1S/C15H18N4O2S/c1-10-8-22-9-12(10)14(20)18-11-3-2-6-19(7-11)13-15(21)17-5-4-16-13/h4-5,8-9,11H,2-3,6-7H2,1H3,(H,17,21)(H,18,20). The highest BCUT2D eigenvalue weighted by Gasteiger charge is 2.24. The van der Waals surface area contributed by atoms with E-state index in [4.69, 9.17) is 0 Å². The van der Waals surface area contributed by atoms with Crippen LogP contribution in [-0.2, 0) is 0 Å². The molecular formula is C15H18N4O2S. The summed E-state index contributed by atoms with van der Waals surface area (Å²) in [6, 6.07) is 0.0296. The van der Waals surface area contributed by atoms with E-state index in [1.54, 1.807) is 6.20 Å². The van der Waals surface area contributed by atoms with E-state index in [1.165, 1.54) is 17.5 Å². The van der Waals surface area contributed by atoms with Crippen LogP contribution in [0.25, 0.3) is 0 Å². The normalized spacial score (nSPS) is 18.2. The number of nitrogens with zero attached hydrogens (tertiary/aromatic N) is 2. The number of aromatic amines is 1. The number of carbonyl (C=O) groups is 1. The van der Waals surface area contributed by atoms with E-state index in [2.05, 4.69) is 15.3 Å². The fraction of sp³-hybridized carbons (Fsp3) is 0.400. The Labute approximate surface area is 132 Å². The highest BCUT2D eigenvalue weighted by molar-refractivity contribution is 7.08. The number of aryl methyl sites for hydroxylation is 1. The molecule has 0 bridgehead atoms. The van der Waals surface area contributed by atoms with Gasteiger partial charge in [-0.2, -0.15) is 11.3 Å². The Morgan fingerprint density at radius 1 is 1.50 bits per heavy atom. The van der Waals surface area contributed by atoms with Crippen LogP contribution < -0.4 is 15.8 Å². The Morgan fingerprint density at radius 3 is 3.09 bits per heavy atom. The molecule has 6 nitrogen and oxygen atoms in total. The number of hydrogen-bond donors (Lipinski definition) is 2. The van der Waals surface area contributed by atoms with Crippen LogP contribution in [0.4, 0.5) is 5.82 Å². The lowest BCUT2D eigenvalue weighted by atomic mass is 10.0. The maximum atomic E-state index is 12.3. The summed E-state index contributed by atoms with van der Waals surface area (Å²) >= 11 is 1.53. The van der Waals surface area contributed by atoms with Gasteiger partial charge in [-0.3, -0.25) is 9.59 Å². The van der Waals surface area contributed by atoms with Gasteiger partial charge in [-0.1, -0.05) is 0 Å². The zero-order valence-electron chi connectivity index (χ0n) is 12.3. The van der Waals surface area contributed by atoms with Gasteiger partial charge in [0.1, 0.15) is 0 Å². The molecule has 1 unspecified atom stereocenters.